The van der Waals surface area contributed by atoms with Gasteiger partial charge in [0.15, 0.2) is 5.82 Å². The summed E-state index contributed by atoms with van der Waals surface area (Å²) >= 11 is 0. The summed E-state index contributed by atoms with van der Waals surface area (Å²) < 4.78 is 1.85. The molecule has 1 aliphatic carbocycles. The van der Waals surface area contributed by atoms with Gasteiger partial charge in [-0.3, -0.25) is 0 Å². The first kappa shape index (κ1) is 11.5. The van der Waals surface area contributed by atoms with Gasteiger partial charge in [0.25, 0.3) is 0 Å². The third-order valence-corrected chi connectivity index (χ3v) is 3.42. The molecule has 1 heterocycles. The SMILES string of the molecule is CC(N)c1nnnn1CCCC1CCCC1. The fourth-order valence-corrected chi connectivity index (χ4v) is 2.53. The zero-order chi connectivity index (χ0) is 11.4. The second-order valence-corrected chi connectivity index (χ2v) is 4.84. The molecule has 5 nitrogen and oxygen atoms in total. The molecule has 1 saturated carbocycles. The molecule has 1 fully saturated rings. The highest BCUT2D eigenvalue weighted by Gasteiger charge is 2.15. The van der Waals surface area contributed by atoms with Crippen molar-refractivity contribution in [3.05, 3.63) is 5.82 Å². The maximum atomic E-state index is 5.79. The van der Waals surface area contributed by atoms with Crippen LogP contribution < -0.4 is 5.73 Å². The van der Waals surface area contributed by atoms with Crippen molar-refractivity contribution < 1.29 is 0 Å². The van der Waals surface area contributed by atoms with Crippen LogP contribution in [-0.4, -0.2) is 20.2 Å². The van der Waals surface area contributed by atoms with Crippen molar-refractivity contribution >= 4 is 0 Å². The van der Waals surface area contributed by atoms with E-state index in [0.717, 1.165) is 24.7 Å². The van der Waals surface area contributed by atoms with Gasteiger partial charge in [0.2, 0.25) is 0 Å². The maximum Gasteiger partial charge on any atom is 0.167 e. The van der Waals surface area contributed by atoms with Crippen molar-refractivity contribution in [2.24, 2.45) is 11.7 Å². The van der Waals surface area contributed by atoms with E-state index in [1.165, 1.54) is 32.1 Å². The Hall–Kier alpha value is -0.970. The van der Waals surface area contributed by atoms with Crippen LogP contribution in [0, 0.1) is 5.92 Å². The molecule has 1 aliphatic rings. The summed E-state index contributed by atoms with van der Waals surface area (Å²) in [6.45, 7) is 2.82. The van der Waals surface area contributed by atoms with Crippen LogP contribution in [0.15, 0.2) is 0 Å². The summed E-state index contributed by atoms with van der Waals surface area (Å²) in [7, 11) is 0. The first-order chi connectivity index (χ1) is 7.77. The van der Waals surface area contributed by atoms with Gasteiger partial charge in [0.1, 0.15) is 0 Å². The lowest BCUT2D eigenvalue weighted by atomic mass is 10.0. The lowest BCUT2D eigenvalue weighted by Crippen LogP contribution is -2.15. The molecule has 0 amide bonds. The highest BCUT2D eigenvalue weighted by molar-refractivity contribution is 4.87. The molecule has 16 heavy (non-hydrogen) atoms. The second-order valence-electron chi connectivity index (χ2n) is 4.84. The fourth-order valence-electron chi connectivity index (χ4n) is 2.53. The van der Waals surface area contributed by atoms with Gasteiger partial charge < -0.3 is 5.73 Å². The average Bonchev–Trinajstić information content (AvgIpc) is 2.87. The average molecular weight is 223 g/mol. The normalized spacial score (nSPS) is 19.1. The van der Waals surface area contributed by atoms with E-state index in [9.17, 15) is 0 Å². The molecular weight excluding hydrogens is 202 g/mol. The third-order valence-electron chi connectivity index (χ3n) is 3.42. The Morgan fingerprint density at radius 1 is 1.44 bits per heavy atom. The molecular formula is C11H21N5. The van der Waals surface area contributed by atoms with E-state index in [2.05, 4.69) is 15.5 Å². The number of hydrogen-bond acceptors (Lipinski definition) is 4. The Labute approximate surface area is 96.4 Å². The van der Waals surface area contributed by atoms with Crippen molar-refractivity contribution in [1.29, 1.82) is 0 Å². The molecule has 0 bridgehead atoms. The zero-order valence-corrected chi connectivity index (χ0v) is 9.97. The topological polar surface area (TPSA) is 69.6 Å². The minimum absolute atomic E-state index is 0.0820. The Kier molecular flexibility index (Phi) is 3.88. The van der Waals surface area contributed by atoms with E-state index in [-0.39, 0.29) is 6.04 Å². The lowest BCUT2D eigenvalue weighted by Gasteiger charge is -2.10. The number of hydrogen-bond donors (Lipinski definition) is 1. The van der Waals surface area contributed by atoms with Gasteiger partial charge in [-0.1, -0.05) is 25.7 Å². The van der Waals surface area contributed by atoms with Crippen molar-refractivity contribution in [3.63, 3.8) is 0 Å². The summed E-state index contributed by atoms with van der Waals surface area (Å²) in [5.74, 6) is 1.74. The van der Waals surface area contributed by atoms with Crippen LogP contribution >= 0.6 is 0 Å². The van der Waals surface area contributed by atoms with Gasteiger partial charge in [-0.25, -0.2) is 4.68 Å². The van der Waals surface area contributed by atoms with Crippen LogP contribution in [0.3, 0.4) is 0 Å². The van der Waals surface area contributed by atoms with Gasteiger partial charge in [0, 0.05) is 6.54 Å². The summed E-state index contributed by atoms with van der Waals surface area (Å²) in [5.41, 5.74) is 5.79. The Morgan fingerprint density at radius 2 is 2.19 bits per heavy atom. The molecule has 0 aromatic carbocycles. The molecule has 1 aromatic rings. The smallest absolute Gasteiger partial charge is 0.167 e. The Balaban J connectivity index is 1.78. The molecule has 1 aromatic heterocycles. The largest absolute Gasteiger partial charge is 0.322 e. The summed E-state index contributed by atoms with van der Waals surface area (Å²) in [5, 5.41) is 11.6. The molecule has 90 valence electrons. The minimum atomic E-state index is -0.0820. The highest BCUT2D eigenvalue weighted by atomic mass is 15.5. The molecule has 2 N–H and O–H groups in total. The maximum absolute atomic E-state index is 5.79. The quantitative estimate of drug-likeness (QED) is 0.824. The first-order valence-corrected chi connectivity index (χ1v) is 6.29. The van der Waals surface area contributed by atoms with Gasteiger partial charge in [-0.05, 0) is 36.1 Å². The standard InChI is InChI=1S/C11H21N5/c1-9(12)11-13-14-15-16(11)8-4-7-10-5-2-3-6-10/h9-10H,2-8,12H2,1H3. The Bertz CT molecular complexity index is 314. The molecule has 1 unspecified atom stereocenters. The van der Waals surface area contributed by atoms with Crippen molar-refractivity contribution in [3.8, 4) is 0 Å². The number of nitrogens with two attached hydrogens (primary N) is 1. The van der Waals surface area contributed by atoms with E-state index >= 15 is 0 Å². The molecule has 5 heteroatoms. The van der Waals surface area contributed by atoms with E-state index in [1.54, 1.807) is 0 Å². The molecule has 0 spiro atoms. The van der Waals surface area contributed by atoms with E-state index in [0.29, 0.717) is 0 Å². The third kappa shape index (κ3) is 2.78. The van der Waals surface area contributed by atoms with Crippen LogP contribution in [0.25, 0.3) is 0 Å². The monoisotopic (exact) mass is 223 g/mol. The molecule has 0 saturated heterocycles. The predicted octanol–water partition coefficient (Wildman–Crippen LogP) is 1.66. The van der Waals surface area contributed by atoms with Gasteiger partial charge in [-0.15, -0.1) is 5.10 Å². The van der Waals surface area contributed by atoms with E-state index < -0.39 is 0 Å². The van der Waals surface area contributed by atoms with E-state index in [1.807, 2.05) is 11.6 Å². The van der Waals surface area contributed by atoms with Crippen molar-refractivity contribution in [2.75, 3.05) is 0 Å². The summed E-state index contributed by atoms with van der Waals surface area (Å²) in [6.07, 6.45) is 8.13. The first-order valence-electron chi connectivity index (χ1n) is 6.29. The number of aromatic nitrogens is 4. The van der Waals surface area contributed by atoms with Gasteiger partial charge in [-0.2, -0.15) is 0 Å². The highest BCUT2D eigenvalue weighted by Crippen LogP contribution is 2.28. The number of aryl methyl sites for hydroxylation is 1. The van der Waals surface area contributed by atoms with Crippen molar-refractivity contribution in [1.82, 2.24) is 20.2 Å². The van der Waals surface area contributed by atoms with Crippen LogP contribution in [-0.2, 0) is 6.54 Å². The Morgan fingerprint density at radius 3 is 2.88 bits per heavy atom. The van der Waals surface area contributed by atoms with Gasteiger partial charge >= 0.3 is 0 Å². The van der Waals surface area contributed by atoms with Crippen LogP contribution in [0.1, 0.15) is 57.3 Å². The predicted molar refractivity (Wildman–Crippen MR) is 61.6 cm³/mol. The zero-order valence-electron chi connectivity index (χ0n) is 9.97. The van der Waals surface area contributed by atoms with Crippen LogP contribution in [0.4, 0.5) is 0 Å². The minimum Gasteiger partial charge on any atom is -0.322 e. The lowest BCUT2D eigenvalue weighted by molar-refractivity contribution is 0.433. The molecule has 0 radical (unpaired) electrons. The summed E-state index contributed by atoms with van der Waals surface area (Å²) in [6, 6.07) is -0.0820. The molecule has 0 aliphatic heterocycles. The van der Waals surface area contributed by atoms with Crippen LogP contribution in [0.5, 0.6) is 0 Å². The number of nitrogens with zero attached hydrogens (tertiary/aromatic N) is 4. The van der Waals surface area contributed by atoms with Crippen LogP contribution in [0.2, 0.25) is 0 Å². The van der Waals surface area contributed by atoms with E-state index in [4.69, 9.17) is 5.73 Å². The van der Waals surface area contributed by atoms with Crippen molar-refractivity contribution in [2.45, 2.75) is 58.0 Å². The fraction of sp³-hybridized carbons (Fsp3) is 0.909. The summed E-state index contributed by atoms with van der Waals surface area (Å²) in [4.78, 5) is 0. The van der Waals surface area contributed by atoms with Gasteiger partial charge in [0.05, 0.1) is 6.04 Å². The second kappa shape index (κ2) is 5.39. The number of rotatable bonds is 5. The number of tetrazole rings is 1. The molecule has 2 rings (SSSR count). The molecule has 1 atom stereocenters.